The predicted molar refractivity (Wildman–Crippen MR) is 28.5 cm³/mol. The SMILES string of the molecule is CC1NC(=O)O[C@H]1C. The fourth-order valence-corrected chi connectivity index (χ4v) is 0.608. The van der Waals surface area contributed by atoms with Gasteiger partial charge < -0.3 is 10.1 Å². The van der Waals surface area contributed by atoms with Crippen LogP contribution in [0.5, 0.6) is 0 Å². The molecule has 1 saturated heterocycles. The smallest absolute Gasteiger partial charge is 0.407 e. The zero-order chi connectivity index (χ0) is 6.15. The van der Waals surface area contributed by atoms with E-state index in [-0.39, 0.29) is 18.2 Å². The molecule has 0 aliphatic carbocycles. The van der Waals surface area contributed by atoms with Crippen molar-refractivity contribution < 1.29 is 9.53 Å². The van der Waals surface area contributed by atoms with Crippen molar-refractivity contribution in [2.75, 3.05) is 0 Å². The molecule has 1 amide bonds. The van der Waals surface area contributed by atoms with Gasteiger partial charge in [0.1, 0.15) is 6.10 Å². The third-order valence-corrected chi connectivity index (χ3v) is 1.34. The number of carbonyl (C=O) groups is 1. The molecule has 8 heavy (non-hydrogen) atoms. The van der Waals surface area contributed by atoms with Crippen molar-refractivity contribution in [2.45, 2.75) is 26.0 Å². The fraction of sp³-hybridized carbons (Fsp3) is 0.800. The Balaban J connectivity index is 2.51. The Morgan fingerprint density at radius 2 is 2.25 bits per heavy atom. The normalized spacial score (nSPS) is 36.5. The molecule has 1 aliphatic heterocycles. The molecular formula is C5H9NO2. The van der Waals surface area contributed by atoms with Gasteiger partial charge in [0.2, 0.25) is 0 Å². The largest absolute Gasteiger partial charge is 0.444 e. The van der Waals surface area contributed by atoms with Gasteiger partial charge in [-0.05, 0) is 13.8 Å². The first-order valence-electron chi connectivity index (χ1n) is 2.67. The van der Waals surface area contributed by atoms with Crippen LogP contribution in [0.15, 0.2) is 0 Å². The second-order valence-electron chi connectivity index (χ2n) is 2.04. The van der Waals surface area contributed by atoms with Gasteiger partial charge in [-0.3, -0.25) is 0 Å². The summed E-state index contributed by atoms with van der Waals surface area (Å²) in [6.45, 7) is 3.78. The van der Waals surface area contributed by atoms with E-state index >= 15 is 0 Å². The molecule has 1 aliphatic rings. The van der Waals surface area contributed by atoms with Gasteiger partial charge >= 0.3 is 6.09 Å². The van der Waals surface area contributed by atoms with Crippen LogP contribution in [0.2, 0.25) is 0 Å². The summed E-state index contributed by atoms with van der Waals surface area (Å²) in [4.78, 5) is 10.3. The van der Waals surface area contributed by atoms with Gasteiger partial charge in [0, 0.05) is 0 Å². The number of alkyl carbamates (subject to hydrolysis) is 1. The lowest BCUT2D eigenvalue weighted by Crippen LogP contribution is -2.25. The first kappa shape index (κ1) is 5.41. The standard InChI is InChI=1S/C5H9NO2/c1-3-4(2)8-5(7)6-3/h3-4H,1-2H3,(H,6,7)/t3?,4-/m0/s1. The van der Waals surface area contributed by atoms with E-state index < -0.39 is 0 Å². The summed E-state index contributed by atoms with van der Waals surface area (Å²) in [5, 5.41) is 2.61. The predicted octanol–water partition coefficient (Wildman–Crippen LogP) is 0.503. The zero-order valence-corrected chi connectivity index (χ0v) is 4.97. The molecule has 1 N–H and O–H groups in total. The highest BCUT2D eigenvalue weighted by molar-refractivity contribution is 5.69. The Kier molecular flexibility index (Phi) is 1.12. The third-order valence-electron chi connectivity index (χ3n) is 1.34. The topological polar surface area (TPSA) is 38.3 Å². The third kappa shape index (κ3) is 0.757. The summed E-state index contributed by atoms with van der Waals surface area (Å²) in [5.41, 5.74) is 0. The minimum Gasteiger partial charge on any atom is -0.444 e. The van der Waals surface area contributed by atoms with Gasteiger partial charge in [-0.25, -0.2) is 4.79 Å². The van der Waals surface area contributed by atoms with Gasteiger partial charge in [-0.15, -0.1) is 0 Å². The van der Waals surface area contributed by atoms with E-state index in [0.717, 1.165) is 0 Å². The first-order chi connectivity index (χ1) is 3.70. The summed E-state index contributed by atoms with van der Waals surface area (Å²) in [5.74, 6) is 0. The quantitative estimate of drug-likeness (QED) is 0.499. The number of ether oxygens (including phenoxy) is 1. The van der Waals surface area contributed by atoms with Crippen LogP contribution in [0.3, 0.4) is 0 Å². The van der Waals surface area contributed by atoms with Gasteiger partial charge in [0.25, 0.3) is 0 Å². The number of hydrogen-bond donors (Lipinski definition) is 1. The average Bonchev–Trinajstić information content (AvgIpc) is 1.85. The van der Waals surface area contributed by atoms with Crippen LogP contribution in [0.1, 0.15) is 13.8 Å². The van der Waals surface area contributed by atoms with Gasteiger partial charge in [-0.1, -0.05) is 0 Å². The van der Waals surface area contributed by atoms with Crippen molar-refractivity contribution in [3.63, 3.8) is 0 Å². The maximum absolute atomic E-state index is 10.3. The molecule has 46 valence electrons. The molecule has 0 aromatic rings. The van der Waals surface area contributed by atoms with Crippen molar-refractivity contribution in [1.29, 1.82) is 0 Å². The number of cyclic esters (lactones) is 1. The van der Waals surface area contributed by atoms with Crippen LogP contribution in [0.25, 0.3) is 0 Å². The summed E-state index contributed by atoms with van der Waals surface area (Å²) in [7, 11) is 0. The highest BCUT2D eigenvalue weighted by Gasteiger charge is 2.25. The molecule has 0 saturated carbocycles. The van der Waals surface area contributed by atoms with E-state index in [2.05, 4.69) is 5.32 Å². The molecule has 3 heteroatoms. The fourth-order valence-electron chi connectivity index (χ4n) is 0.608. The average molecular weight is 115 g/mol. The number of amides is 1. The maximum Gasteiger partial charge on any atom is 0.407 e. The number of carbonyl (C=O) groups excluding carboxylic acids is 1. The Morgan fingerprint density at radius 3 is 2.38 bits per heavy atom. The van der Waals surface area contributed by atoms with Gasteiger partial charge in [0.15, 0.2) is 0 Å². The molecule has 1 fully saturated rings. The van der Waals surface area contributed by atoms with E-state index in [1.54, 1.807) is 0 Å². The molecule has 1 unspecified atom stereocenters. The maximum atomic E-state index is 10.3. The van der Waals surface area contributed by atoms with E-state index in [4.69, 9.17) is 4.74 Å². The Labute approximate surface area is 48.0 Å². The molecular weight excluding hydrogens is 106 g/mol. The van der Waals surface area contributed by atoms with Crippen LogP contribution < -0.4 is 5.32 Å². The van der Waals surface area contributed by atoms with Crippen molar-refractivity contribution in [1.82, 2.24) is 5.32 Å². The molecule has 1 rings (SSSR count). The molecule has 0 spiro atoms. The molecule has 2 atom stereocenters. The summed E-state index contributed by atoms with van der Waals surface area (Å²) in [6.07, 6.45) is -0.271. The van der Waals surface area contributed by atoms with Crippen molar-refractivity contribution in [3.8, 4) is 0 Å². The minimum atomic E-state index is -0.301. The Hall–Kier alpha value is -0.730. The van der Waals surface area contributed by atoms with Crippen LogP contribution in [-0.4, -0.2) is 18.2 Å². The first-order valence-corrected chi connectivity index (χ1v) is 2.67. The lowest BCUT2D eigenvalue weighted by molar-refractivity contribution is 0.142. The summed E-state index contributed by atoms with van der Waals surface area (Å²) >= 11 is 0. The highest BCUT2D eigenvalue weighted by atomic mass is 16.6. The summed E-state index contributed by atoms with van der Waals surface area (Å²) < 4.78 is 4.72. The van der Waals surface area contributed by atoms with E-state index in [9.17, 15) is 4.79 Å². The highest BCUT2D eigenvalue weighted by Crippen LogP contribution is 2.05. The molecule has 0 bridgehead atoms. The monoisotopic (exact) mass is 115 g/mol. The molecule has 0 aromatic carbocycles. The van der Waals surface area contributed by atoms with Gasteiger partial charge in [-0.2, -0.15) is 0 Å². The van der Waals surface area contributed by atoms with Crippen molar-refractivity contribution in [2.24, 2.45) is 0 Å². The lowest BCUT2D eigenvalue weighted by atomic mass is 10.2. The van der Waals surface area contributed by atoms with E-state index in [1.807, 2.05) is 13.8 Å². The van der Waals surface area contributed by atoms with Crippen molar-refractivity contribution in [3.05, 3.63) is 0 Å². The van der Waals surface area contributed by atoms with Crippen molar-refractivity contribution >= 4 is 6.09 Å². The second-order valence-corrected chi connectivity index (χ2v) is 2.04. The van der Waals surface area contributed by atoms with Crippen LogP contribution >= 0.6 is 0 Å². The van der Waals surface area contributed by atoms with Crippen LogP contribution in [0, 0.1) is 0 Å². The van der Waals surface area contributed by atoms with Crippen LogP contribution in [-0.2, 0) is 4.74 Å². The van der Waals surface area contributed by atoms with Crippen LogP contribution in [0.4, 0.5) is 4.79 Å². The lowest BCUT2D eigenvalue weighted by Gasteiger charge is -2.02. The number of rotatable bonds is 0. The molecule has 0 aromatic heterocycles. The Morgan fingerprint density at radius 1 is 1.62 bits per heavy atom. The minimum absolute atomic E-state index is 0.0301. The van der Waals surface area contributed by atoms with Gasteiger partial charge in [0.05, 0.1) is 6.04 Å². The number of hydrogen-bond acceptors (Lipinski definition) is 2. The number of nitrogens with one attached hydrogen (secondary N) is 1. The van der Waals surface area contributed by atoms with E-state index in [0.29, 0.717) is 0 Å². The second kappa shape index (κ2) is 1.65. The van der Waals surface area contributed by atoms with E-state index in [1.165, 1.54) is 0 Å². The summed E-state index contributed by atoms with van der Waals surface area (Å²) in [6, 6.07) is 0.169. The molecule has 3 nitrogen and oxygen atoms in total. The zero-order valence-electron chi connectivity index (χ0n) is 4.97. The molecule has 1 heterocycles. The molecule has 0 radical (unpaired) electrons. The Bertz CT molecular complexity index is 101.